The predicted octanol–water partition coefficient (Wildman–Crippen LogP) is 2.53. The van der Waals surface area contributed by atoms with Crippen molar-refractivity contribution >= 4 is 11.3 Å². The molecule has 0 aromatic carbocycles. The molecule has 0 amide bonds. The van der Waals surface area contributed by atoms with Gasteiger partial charge in [-0.05, 0) is 45.4 Å². The van der Waals surface area contributed by atoms with E-state index >= 15 is 0 Å². The standard InChI is InChI=1S/C13H23N3S/c1-3-14-10-11-6-4-5-8-16(2)12(11)13-15-7-9-17-13/h7,9,11-12,14H,3-6,8,10H2,1-2H3. The third-order valence-corrected chi connectivity index (χ3v) is 4.46. The van der Waals surface area contributed by atoms with E-state index in [0.29, 0.717) is 12.0 Å². The number of nitrogens with zero attached hydrogens (tertiary/aromatic N) is 2. The third-order valence-electron chi connectivity index (χ3n) is 3.62. The van der Waals surface area contributed by atoms with Crippen LogP contribution in [0.4, 0.5) is 0 Å². The summed E-state index contributed by atoms with van der Waals surface area (Å²) in [7, 11) is 2.25. The summed E-state index contributed by atoms with van der Waals surface area (Å²) in [5.74, 6) is 0.702. The average Bonchev–Trinajstić information content (AvgIpc) is 2.78. The molecule has 0 radical (unpaired) electrons. The maximum Gasteiger partial charge on any atom is 0.110 e. The molecular weight excluding hydrogens is 230 g/mol. The highest BCUT2D eigenvalue weighted by atomic mass is 32.1. The van der Waals surface area contributed by atoms with Crippen LogP contribution in [-0.2, 0) is 0 Å². The molecule has 1 fully saturated rings. The first-order valence-electron chi connectivity index (χ1n) is 6.63. The molecule has 2 unspecified atom stereocenters. The number of rotatable bonds is 4. The fourth-order valence-electron chi connectivity index (χ4n) is 2.74. The van der Waals surface area contributed by atoms with Gasteiger partial charge >= 0.3 is 0 Å². The van der Waals surface area contributed by atoms with Gasteiger partial charge in [0.2, 0.25) is 0 Å². The number of likely N-dealkylation sites (tertiary alicyclic amines) is 1. The van der Waals surface area contributed by atoms with Crippen LogP contribution in [-0.4, -0.2) is 36.6 Å². The molecule has 4 heteroatoms. The molecule has 1 saturated heterocycles. The van der Waals surface area contributed by atoms with E-state index in [1.54, 1.807) is 11.3 Å². The van der Waals surface area contributed by atoms with Gasteiger partial charge in [0.15, 0.2) is 0 Å². The van der Waals surface area contributed by atoms with Crippen LogP contribution in [0.5, 0.6) is 0 Å². The van der Waals surface area contributed by atoms with Crippen molar-refractivity contribution in [3.05, 3.63) is 16.6 Å². The highest BCUT2D eigenvalue weighted by Gasteiger charge is 2.30. The number of thiazole rings is 1. The highest BCUT2D eigenvalue weighted by Crippen LogP contribution is 2.34. The smallest absolute Gasteiger partial charge is 0.110 e. The van der Waals surface area contributed by atoms with Crippen molar-refractivity contribution in [1.29, 1.82) is 0 Å². The summed E-state index contributed by atoms with van der Waals surface area (Å²) in [6.45, 7) is 5.56. The van der Waals surface area contributed by atoms with Crippen LogP contribution in [0.1, 0.15) is 37.2 Å². The van der Waals surface area contributed by atoms with Gasteiger partial charge in [-0.25, -0.2) is 4.98 Å². The minimum Gasteiger partial charge on any atom is -0.317 e. The van der Waals surface area contributed by atoms with E-state index in [2.05, 4.69) is 34.6 Å². The molecule has 1 N–H and O–H groups in total. The largest absolute Gasteiger partial charge is 0.317 e. The van der Waals surface area contributed by atoms with E-state index in [1.807, 2.05) is 6.20 Å². The molecule has 17 heavy (non-hydrogen) atoms. The predicted molar refractivity (Wildman–Crippen MR) is 73.4 cm³/mol. The zero-order chi connectivity index (χ0) is 12.1. The summed E-state index contributed by atoms with van der Waals surface area (Å²) in [5.41, 5.74) is 0. The van der Waals surface area contributed by atoms with Crippen LogP contribution in [0.3, 0.4) is 0 Å². The molecule has 1 aromatic rings. The molecule has 96 valence electrons. The summed E-state index contributed by atoms with van der Waals surface area (Å²) in [6, 6.07) is 0.511. The van der Waals surface area contributed by atoms with Gasteiger partial charge in [0, 0.05) is 11.6 Å². The quantitative estimate of drug-likeness (QED) is 0.894. The monoisotopic (exact) mass is 253 g/mol. The van der Waals surface area contributed by atoms with Crippen LogP contribution in [0.2, 0.25) is 0 Å². The van der Waals surface area contributed by atoms with E-state index in [-0.39, 0.29) is 0 Å². The van der Waals surface area contributed by atoms with Crippen LogP contribution >= 0.6 is 11.3 Å². The van der Waals surface area contributed by atoms with E-state index in [0.717, 1.165) is 13.1 Å². The second-order valence-electron chi connectivity index (χ2n) is 4.86. The van der Waals surface area contributed by atoms with E-state index in [9.17, 15) is 0 Å². The van der Waals surface area contributed by atoms with Crippen molar-refractivity contribution in [3.8, 4) is 0 Å². The van der Waals surface area contributed by atoms with Gasteiger partial charge in [-0.15, -0.1) is 11.3 Å². The molecule has 1 aliphatic heterocycles. The zero-order valence-electron chi connectivity index (χ0n) is 10.9. The highest BCUT2D eigenvalue weighted by molar-refractivity contribution is 7.09. The Morgan fingerprint density at radius 2 is 2.41 bits per heavy atom. The van der Waals surface area contributed by atoms with E-state index < -0.39 is 0 Å². The molecule has 0 saturated carbocycles. The van der Waals surface area contributed by atoms with Gasteiger partial charge in [-0.1, -0.05) is 13.3 Å². The first-order valence-corrected chi connectivity index (χ1v) is 7.51. The first-order chi connectivity index (χ1) is 8.33. The van der Waals surface area contributed by atoms with Crippen molar-refractivity contribution in [2.75, 3.05) is 26.7 Å². The Morgan fingerprint density at radius 1 is 1.53 bits per heavy atom. The molecule has 2 heterocycles. The van der Waals surface area contributed by atoms with Gasteiger partial charge in [0.1, 0.15) is 5.01 Å². The van der Waals surface area contributed by atoms with Crippen molar-refractivity contribution in [1.82, 2.24) is 15.2 Å². The first kappa shape index (κ1) is 13.0. The number of nitrogens with one attached hydrogen (secondary N) is 1. The SMILES string of the molecule is CCNCC1CCCCN(C)C1c1nccs1. The Hall–Kier alpha value is -0.450. The lowest BCUT2D eigenvalue weighted by Crippen LogP contribution is -2.34. The van der Waals surface area contributed by atoms with Crippen molar-refractivity contribution in [3.63, 3.8) is 0 Å². The fraction of sp³-hybridized carbons (Fsp3) is 0.769. The molecule has 2 rings (SSSR count). The van der Waals surface area contributed by atoms with Gasteiger partial charge < -0.3 is 5.32 Å². The van der Waals surface area contributed by atoms with Gasteiger partial charge in [0.05, 0.1) is 6.04 Å². The minimum atomic E-state index is 0.511. The molecule has 1 aliphatic rings. The molecule has 2 atom stereocenters. The van der Waals surface area contributed by atoms with Crippen LogP contribution in [0.25, 0.3) is 0 Å². The Bertz CT molecular complexity index is 312. The van der Waals surface area contributed by atoms with Gasteiger partial charge in [0.25, 0.3) is 0 Å². The topological polar surface area (TPSA) is 28.2 Å². The molecule has 0 spiro atoms. The van der Waals surface area contributed by atoms with Crippen molar-refractivity contribution in [2.45, 2.75) is 32.2 Å². The second kappa shape index (κ2) is 6.47. The normalized spacial score (nSPS) is 26.9. The van der Waals surface area contributed by atoms with Gasteiger partial charge in [-0.3, -0.25) is 4.90 Å². The number of hydrogen-bond acceptors (Lipinski definition) is 4. The lowest BCUT2D eigenvalue weighted by molar-refractivity contribution is 0.189. The Kier molecular flexibility index (Phi) is 4.95. The zero-order valence-corrected chi connectivity index (χ0v) is 11.7. The lowest BCUT2D eigenvalue weighted by atomic mass is 9.95. The summed E-state index contributed by atoms with van der Waals surface area (Å²) in [4.78, 5) is 7.03. The third kappa shape index (κ3) is 3.27. The summed E-state index contributed by atoms with van der Waals surface area (Å²) in [6.07, 6.45) is 5.92. The molecular formula is C13H23N3S. The number of hydrogen-bond donors (Lipinski definition) is 1. The summed E-state index contributed by atoms with van der Waals surface area (Å²) < 4.78 is 0. The second-order valence-corrected chi connectivity index (χ2v) is 5.79. The van der Waals surface area contributed by atoms with Gasteiger partial charge in [-0.2, -0.15) is 0 Å². The van der Waals surface area contributed by atoms with E-state index in [1.165, 1.54) is 30.8 Å². The van der Waals surface area contributed by atoms with Crippen LogP contribution < -0.4 is 5.32 Å². The lowest BCUT2D eigenvalue weighted by Gasteiger charge is -2.30. The van der Waals surface area contributed by atoms with Crippen LogP contribution in [0, 0.1) is 5.92 Å². The molecule has 0 bridgehead atoms. The Morgan fingerprint density at radius 3 is 3.12 bits per heavy atom. The molecule has 3 nitrogen and oxygen atoms in total. The molecule has 1 aromatic heterocycles. The number of aromatic nitrogens is 1. The summed E-state index contributed by atoms with van der Waals surface area (Å²) in [5, 5.41) is 6.89. The maximum absolute atomic E-state index is 4.54. The van der Waals surface area contributed by atoms with E-state index in [4.69, 9.17) is 0 Å². The van der Waals surface area contributed by atoms with Crippen molar-refractivity contribution in [2.24, 2.45) is 5.92 Å². The minimum absolute atomic E-state index is 0.511. The molecule has 0 aliphatic carbocycles. The Balaban J connectivity index is 2.13. The average molecular weight is 253 g/mol. The van der Waals surface area contributed by atoms with Crippen molar-refractivity contribution < 1.29 is 0 Å². The Labute approximate surface area is 108 Å². The summed E-state index contributed by atoms with van der Waals surface area (Å²) >= 11 is 1.80. The fourth-order valence-corrected chi connectivity index (χ4v) is 3.63. The van der Waals surface area contributed by atoms with Crippen LogP contribution in [0.15, 0.2) is 11.6 Å². The maximum atomic E-state index is 4.54.